The number of aromatic amines is 2. The summed E-state index contributed by atoms with van der Waals surface area (Å²) in [6.45, 7) is 2.03. The average molecular weight is 289 g/mol. The summed E-state index contributed by atoms with van der Waals surface area (Å²) < 4.78 is 0. The molecule has 0 aliphatic carbocycles. The topological polar surface area (TPSA) is 145 Å². The molecular weight excluding hydrogens is 272 g/mol. The van der Waals surface area contributed by atoms with Gasteiger partial charge in [0, 0.05) is 29.8 Å². The molecule has 2 aromatic heterocycles. The molecule has 0 bridgehead atoms. The zero-order valence-corrected chi connectivity index (χ0v) is 11.0. The van der Waals surface area contributed by atoms with Crippen LogP contribution >= 0.6 is 0 Å². The molecule has 0 aliphatic rings. The summed E-state index contributed by atoms with van der Waals surface area (Å²) in [6, 6.07) is 7.43. The van der Waals surface area contributed by atoms with Crippen molar-refractivity contribution in [1.29, 1.82) is 0 Å². The monoisotopic (exact) mass is 288 g/mol. The van der Waals surface area contributed by atoms with E-state index in [9.17, 15) is 5.11 Å². The number of phenols is 1. The van der Waals surface area contributed by atoms with E-state index >= 15 is 0 Å². The lowest BCUT2D eigenvalue weighted by molar-refractivity contribution is -0.385. The molecule has 0 aliphatic heterocycles. The van der Waals surface area contributed by atoms with Crippen LogP contribution in [-0.4, -0.2) is 26.5 Å². The summed E-state index contributed by atoms with van der Waals surface area (Å²) >= 11 is 0. The van der Waals surface area contributed by atoms with Gasteiger partial charge in [0.15, 0.2) is 6.20 Å². The van der Waals surface area contributed by atoms with E-state index in [0.717, 1.165) is 22.1 Å². The third-order valence-electron chi connectivity index (χ3n) is 2.75. The number of phenolic OH excluding ortho intramolecular Hbond substituents is 1. The lowest BCUT2D eigenvalue weighted by atomic mass is 10.1. The number of H-pyrrole nitrogens is 2. The predicted octanol–water partition coefficient (Wildman–Crippen LogP) is -3.32. The first-order valence-corrected chi connectivity index (χ1v) is 4.87. The Morgan fingerprint density at radius 2 is 1.74 bits per heavy atom. The lowest BCUT2D eigenvalue weighted by Gasteiger charge is -1.91. The molecule has 0 amide bonds. The fourth-order valence-electron chi connectivity index (χ4n) is 2.00. The van der Waals surface area contributed by atoms with Gasteiger partial charge in [-0.2, -0.15) is 0 Å². The van der Waals surface area contributed by atoms with Crippen LogP contribution in [0.5, 0.6) is 5.75 Å². The number of hydrogen-bond acceptors (Lipinski definition) is 1. The summed E-state index contributed by atoms with van der Waals surface area (Å²) in [5.41, 5.74) is 3.16. The van der Waals surface area contributed by atoms with Crippen molar-refractivity contribution in [3.63, 3.8) is 0 Å². The molecule has 106 valence electrons. The van der Waals surface area contributed by atoms with Crippen LogP contribution in [0.4, 0.5) is 0 Å². The van der Waals surface area contributed by atoms with Crippen LogP contribution in [0.3, 0.4) is 0 Å². The Balaban J connectivity index is 0. The van der Waals surface area contributed by atoms with Crippen LogP contribution in [0, 0.1) is 6.92 Å². The first-order chi connectivity index (χ1) is 7.25. The van der Waals surface area contributed by atoms with Gasteiger partial charge in [0.1, 0.15) is 11.3 Å². The van der Waals surface area contributed by atoms with Gasteiger partial charge in [0.25, 0.3) is 0 Å². The van der Waals surface area contributed by atoms with Crippen LogP contribution < -0.4 is 17.4 Å². The van der Waals surface area contributed by atoms with E-state index in [1.807, 2.05) is 25.3 Å². The van der Waals surface area contributed by atoms with Crippen LogP contribution in [0.1, 0.15) is 5.69 Å². The number of fused-ring (bicyclic) bond motifs is 3. The quantitative estimate of drug-likeness (QED) is 0.438. The average Bonchev–Trinajstić information content (AvgIpc) is 2.57. The molecule has 2 heterocycles. The fraction of sp³-hybridized carbons (Fsp3) is 0.0833. The van der Waals surface area contributed by atoms with E-state index in [1.165, 1.54) is 5.39 Å². The molecule has 3 aromatic rings. The minimum atomic E-state index is 0. The number of aromatic nitrogens is 2. The van der Waals surface area contributed by atoms with Crippen molar-refractivity contribution in [3.8, 4) is 5.75 Å². The van der Waals surface area contributed by atoms with E-state index < -0.39 is 0 Å². The number of aromatic hydroxyl groups is 1. The van der Waals surface area contributed by atoms with Gasteiger partial charge in [-0.1, -0.05) is 0 Å². The second-order valence-corrected chi connectivity index (χ2v) is 3.75. The Bertz CT molecular complexity index is 669. The molecule has 0 unspecified atom stereocenters. The Labute approximate surface area is 115 Å². The van der Waals surface area contributed by atoms with Crippen LogP contribution in [0.25, 0.3) is 21.8 Å². The summed E-state index contributed by atoms with van der Waals surface area (Å²) in [4.78, 5) is 6.45. The van der Waals surface area contributed by atoms with Gasteiger partial charge in [0.2, 0.25) is 5.69 Å². The number of pyridine rings is 1. The largest absolute Gasteiger partial charge is 1.00 e. The number of halogens is 1. The van der Waals surface area contributed by atoms with Gasteiger partial charge >= 0.3 is 0 Å². The molecule has 19 heavy (non-hydrogen) atoms. The second-order valence-electron chi connectivity index (χ2n) is 3.75. The van der Waals surface area contributed by atoms with E-state index in [2.05, 4.69) is 9.97 Å². The van der Waals surface area contributed by atoms with E-state index in [-0.39, 0.29) is 34.6 Å². The molecule has 0 fully saturated rings. The first-order valence-electron chi connectivity index (χ1n) is 4.87. The molecule has 7 heteroatoms. The smallest absolute Gasteiger partial charge is 0.200 e. The number of rotatable bonds is 0. The third-order valence-corrected chi connectivity index (χ3v) is 2.75. The highest BCUT2D eigenvalue weighted by Gasteiger charge is 2.09. The fourth-order valence-corrected chi connectivity index (χ4v) is 2.00. The Hall–Kier alpha value is -1.86. The Morgan fingerprint density at radius 3 is 2.42 bits per heavy atom. The maximum Gasteiger partial charge on any atom is 0.200 e. The highest BCUT2D eigenvalue weighted by Crippen LogP contribution is 2.27. The van der Waals surface area contributed by atoms with Crippen LogP contribution in [0.2, 0.25) is 0 Å². The molecule has 0 saturated carbocycles. The maximum atomic E-state index is 9.40. The van der Waals surface area contributed by atoms with Crippen molar-refractivity contribution in [3.05, 3.63) is 36.2 Å². The molecule has 6 nitrogen and oxygen atoms in total. The predicted molar refractivity (Wildman–Crippen MR) is 69.6 cm³/mol. The molecule has 0 saturated heterocycles. The molecule has 0 radical (unpaired) electrons. The van der Waals surface area contributed by atoms with Crippen molar-refractivity contribution in [2.75, 3.05) is 0 Å². The third kappa shape index (κ3) is 2.94. The lowest BCUT2D eigenvalue weighted by Crippen LogP contribution is -3.00. The zero-order chi connectivity index (χ0) is 10.4. The van der Waals surface area contributed by atoms with Crippen molar-refractivity contribution in [1.82, 2.24) is 4.98 Å². The molecule has 0 atom stereocenters. The number of benzene rings is 1. The number of nitrogens with one attached hydrogen (secondary N) is 2. The molecule has 9 N–H and O–H groups in total. The van der Waals surface area contributed by atoms with Crippen LogP contribution in [-0.2, 0) is 0 Å². The standard InChI is InChI=1S/C12H10N2O.ClH.3H2O/c1-7-12-10(4-5-13-7)9-3-2-8(15)6-11(9)14-12;;;;/h2-6,14-15H,1H3;1H;3*1H2. The number of hydrogen-bond donors (Lipinski definition) is 2. The van der Waals surface area contributed by atoms with Crippen molar-refractivity contribution >= 4 is 21.8 Å². The van der Waals surface area contributed by atoms with Gasteiger partial charge in [0.05, 0.1) is 5.52 Å². The SMILES string of the molecule is Cc1[nH+]ccc2c1[nH]c1cc(O)ccc12.O.O.O.[Cl-]. The van der Waals surface area contributed by atoms with Gasteiger partial charge in [-0.3, -0.25) is 0 Å². The first kappa shape index (κ1) is 19.5. The Morgan fingerprint density at radius 1 is 1.05 bits per heavy atom. The van der Waals surface area contributed by atoms with E-state index in [4.69, 9.17) is 0 Å². The van der Waals surface area contributed by atoms with Gasteiger partial charge < -0.3 is 38.9 Å². The highest BCUT2D eigenvalue weighted by molar-refractivity contribution is 6.07. The van der Waals surface area contributed by atoms with E-state index in [0.29, 0.717) is 0 Å². The van der Waals surface area contributed by atoms with E-state index in [1.54, 1.807) is 12.1 Å². The minimum absolute atomic E-state index is 0. The van der Waals surface area contributed by atoms with Crippen LogP contribution in [0.15, 0.2) is 30.5 Å². The summed E-state index contributed by atoms with van der Waals surface area (Å²) in [5, 5.41) is 11.7. The summed E-state index contributed by atoms with van der Waals surface area (Å²) in [6.07, 6.45) is 1.93. The normalized spacial score (nSPS) is 8.89. The molecule has 3 rings (SSSR count). The molecular formula is C12H17ClN2O4. The maximum absolute atomic E-state index is 9.40. The summed E-state index contributed by atoms with van der Waals surface area (Å²) in [5.74, 6) is 0.288. The van der Waals surface area contributed by atoms with Crippen molar-refractivity contribution in [2.45, 2.75) is 6.92 Å². The van der Waals surface area contributed by atoms with Gasteiger partial charge in [-0.25, -0.2) is 4.98 Å². The second kappa shape index (κ2) is 6.91. The van der Waals surface area contributed by atoms with Crippen molar-refractivity contribution < 1.29 is 38.9 Å². The Kier molecular flexibility index (Phi) is 7.08. The molecule has 1 aromatic carbocycles. The molecule has 0 spiro atoms. The number of aryl methyl sites for hydroxylation is 1. The van der Waals surface area contributed by atoms with Gasteiger partial charge in [-0.05, 0) is 12.1 Å². The zero-order valence-electron chi connectivity index (χ0n) is 10.2. The summed E-state index contributed by atoms with van der Waals surface area (Å²) in [7, 11) is 0. The minimum Gasteiger partial charge on any atom is -1.00 e. The highest BCUT2D eigenvalue weighted by atomic mass is 35.5. The van der Waals surface area contributed by atoms with Gasteiger partial charge in [-0.15, -0.1) is 0 Å². The van der Waals surface area contributed by atoms with Crippen molar-refractivity contribution in [2.24, 2.45) is 0 Å².